The van der Waals surface area contributed by atoms with Gasteiger partial charge in [-0.1, -0.05) is 52.5 Å². The number of ether oxygens (including phenoxy) is 1. The highest BCUT2D eigenvalue weighted by molar-refractivity contribution is 6.43. The van der Waals surface area contributed by atoms with Crippen LogP contribution in [0.5, 0.6) is 11.5 Å². The molecule has 0 bridgehead atoms. The molecule has 2 nitrogen and oxygen atoms in total. The SMILES string of the molecule is CC(O)c1ccc(Oc2cc(Cl)c(Cl)cc2Cl)cc1Cl. The van der Waals surface area contributed by atoms with E-state index in [2.05, 4.69) is 0 Å². The lowest BCUT2D eigenvalue weighted by Gasteiger charge is -2.12. The first-order valence-electron chi connectivity index (χ1n) is 5.68. The molecule has 0 heterocycles. The maximum atomic E-state index is 9.52. The molecule has 1 unspecified atom stereocenters. The van der Waals surface area contributed by atoms with Gasteiger partial charge in [0, 0.05) is 6.07 Å². The molecule has 0 aliphatic carbocycles. The number of halogens is 4. The minimum atomic E-state index is -0.648. The van der Waals surface area contributed by atoms with Crippen molar-refractivity contribution in [1.82, 2.24) is 0 Å². The first-order chi connectivity index (χ1) is 9.38. The van der Waals surface area contributed by atoms with Gasteiger partial charge in [0.1, 0.15) is 11.5 Å². The van der Waals surface area contributed by atoms with Crippen LogP contribution in [0.1, 0.15) is 18.6 Å². The smallest absolute Gasteiger partial charge is 0.147 e. The van der Waals surface area contributed by atoms with Crippen LogP contribution in [0.2, 0.25) is 20.1 Å². The van der Waals surface area contributed by atoms with Crippen LogP contribution in [0.3, 0.4) is 0 Å². The van der Waals surface area contributed by atoms with E-state index in [0.717, 1.165) is 0 Å². The molecular formula is C14H10Cl4O2. The number of aliphatic hydroxyl groups excluding tert-OH is 1. The van der Waals surface area contributed by atoms with Gasteiger partial charge in [-0.3, -0.25) is 0 Å². The van der Waals surface area contributed by atoms with E-state index in [1.54, 1.807) is 25.1 Å². The molecule has 20 heavy (non-hydrogen) atoms. The van der Waals surface area contributed by atoms with Crippen molar-refractivity contribution in [3.05, 3.63) is 56.0 Å². The van der Waals surface area contributed by atoms with Crippen LogP contribution < -0.4 is 4.74 Å². The van der Waals surface area contributed by atoms with Crippen molar-refractivity contribution in [3.8, 4) is 11.5 Å². The Morgan fingerprint density at radius 1 is 0.900 bits per heavy atom. The first kappa shape index (κ1) is 15.7. The van der Waals surface area contributed by atoms with Crippen LogP contribution in [-0.4, -0.2) is 5.11 Å². The summed E-state index contributed by atoms with van der Waals surface area (Å²) in [5, 5.41) is 11.0. The Labute approximate surface area is 136 Å². The summed E-state index contributed by atoms with van der Waals surface area (Å²) in [4.78, 5) is 0. The van der Waals surface area contributed by atoms with Crippen LogP contribution in [-0.2, 0) is 0 Å². The maximum absolute atomic E-state index is 9.52. The summed E-state index contributed by atoms with van der Waals surface area (Å²) < 4.78 is 5.62. The highest BCUT2D eigenvalue weighted by Crippen LogP contribution is 2.37. The van der Waals surface area contributed by atoms with Crippen LogP contribution in [0, 0.1) is 0 Å². The molecule has 1 N–H and O–H groups in total. The fraction of sp³-hybridized carbons (Fsp3) is 0.143. The molecular weight excluding hydrogens is 342 g/mol. The van der Waals surface area contributed by atoms with E-state index in [0.29, 0.717) is 37.2 Å². The summed E-state index contributed by atoms with van der Waals surface area (Å²) in [6.07, 6.45) is -0.648. The number of aliphatic hydroxyl groups is 1. The van der Waals surface area contributed by atoms with E-state index >= 15 is 0 Å². The number of hydrogen-bond donors (Lipinski definition) is 1. The van der Waals surface area contributed by atoms with E-state index in [9.17, 15) is 5.11 Å². The van der Waals surface area contributed by atoms with E-state index < -0.39 is 6.10 Å². The second kappa shape index (κ2) is 6.42. The molecule has 2 rings (SSSR count). The molecule has 0 aromatic heterocycles. The van der Waals surface area contributed by atoms with Gasteiger partial charge in [-0.25, -0.2) is 0 Å². The summed E-state index contributed by atoms with van der Waals surface area (Å²) in [6, 6.07) is 8.01. The molecule has 0 saturated heterocycles. The summed E-state index contributed by atoms with van der Waals surface area (Å²) in [7, 11) is 0. The van der Waals surface area contributed by atoms with Crippen molar-refractivity contribution in [2.45, 2.75) is 13.0 Å². The molecule has 0 saturated carbocycles. The fourth-order valence-electron chi connectivity index (χ4n) is 1.62. The molecule has 2 aromatic rings. The summed E-state index contributed by atoms with van der Waals surface area (Å²) in [6.45, 7) is 1.64. The largest absolute Gasteiger partial charge is 0.456 e. The van der Waals surface area contributed by atoms with E-state index in [1.807, 2.05) is 0 Å². The second-order valence-electron chi connectivity index (χ2n) is 4.16. The third-order valence-corrected chi connectivity index (χ3v) is 3.97. The zero-order chi connectivity index (χ0) is 14.9. The van der Waals surface area contributed by atoms with Crippen molar-refractivity contribution in [1.29, 1.82) is 0 Å². The topological polar surface area (TPSA) is 29.5 Å². The Kier molecular flexibility index (Phi) is 5.05. The predicted octanol–water partition coefficient (Wildman–Crippen LogP) is 6.15. The summed E-state index contributed by atoms with van der Waals surface area (Å²) in [5.41, 5.74) is 0.624. The Bertz CT molecular complexity index is 641. The lowest BCUT2D eigenvalue weighted by atomic mass is 10.1. The second-order valence-corrected chi connectivity index (χ2v) is 5.79. The van der Waals surface area contributed by atoms with Gasteiger partial charge in [0.15, 0.2) is 0 Å². The fourth-order valence-corrected chi connectivity index (χ4v) is 2.52. The van der Waals surface area contributed by atoms with Gasteiger partial charge in [-0.2, -0.15) is 0 Å². The van der Waals surface area contributed by atoms with Crippen LogP contribution >= 0.6 is 46.4 Å². The third kappa shape index (κ3) is 3.51. The number of rotatable bonds is 3. The van der Waals surface area contributed by atoms with E-state index in [1.165, 1.54) is 12.1 Å². The molecule has 106 valence electrons. The molecule has 0 amide bonds. The van der Waals surface area contributed by atoms with Gasteiger partial charge >= 0.3 is 0 Å². The van der Waals surface area contributed by atoms with Crippen molar-refractivity contribution in [2.75, 3.05) is 0 Å². The quantitative estimate of drug-likeness (QED) is 0.672. The van der Waals surface area contributed by atoms with Gasteiger partial charge in [0.2, 0.25) is 0 Å². The van der Waals surface area contributed by atoms with E-state index in [4.69, 9.17) is 51.1 Å². The van der Waals surface area contributed by atoms with E-state index in [-0.39, 0.29) is 0 Å². The Morgan fingerprint density at radius 3 is 2.15 bits per heavy atom. The molecule has 0 radical (unpaired) electrons. The minimum Gasteiger partial charge on any atom is -0.456 e. The number of benzene rings is 2. The summed E-state index contributed by atoms with van der Waals surface area (Å²) in [5.74, 6) is 0.863. The molecule has 6 heteroatoms. The highest BCUT2D eigenvalue weighted by atomic mass is 35.5. The zero-order valence-corrected chi connectivity index (χ0v) is 13.4. The first-order valence-corrected chi connectivity index (χ1v) is 7.19. The van der Waals surface area contributed by atoms with Gasteiger partial charge < -0.3 is 9.84 Å². The van der Waals surface area contributed by atoms with Crippen molar-refractivity contribution in [3.63, 3.8) is 0 Å². The van der Waals surface area contributed by atoms with Crippen LogP contribution in [0.15, 0.2) is 30.3 Å². The number of hydrogen-bond acceptors (Lipinski definition) is 2. The standard InChI is InChI=1S/C14H10Cl4O2/c1-7(19)9-3-2-8(4-10(9)15)20-14-6-12(17)11(16)5-13(14)18/h2-7,19H,1H3. The van der Waals surface area contributed by atoms with Gasteiger partial charge in [-0.15, -0.1) is 0 Å². The lowest BCUT2D eigenvalue weighted by molar-refractivity contribution is 0.199. The molecule has 0 spiro atoms. The minimum absolute atomic E-state index is 0.343. The monoisotopic (exact) mass is 350 g/mol. The molecule has 0 aliphatic rings. The Balaban J connectivity index is 2.31. The molecule has 2 aromatic carbocycles. The normalized spacial score (nSPS) is 12.3. The highest BCUT2D eigenvalue weighted by Gasteiger charge is 2.11. The zero-order valence-electron chi connectivity index (χ0n) is 10.3. The van der Waals surface area contributed by atoms with Crippen molar-refractivity contribution >= 4 is 46.4 Å². The lowest BCUT2D eigenvalue weighted by Crippen LogP contribution is -1.93. The van der Waals surface area contributed by atoms with Crippen molar-refractivity contribution in [2.24, 2.45) is 0 Å². The Hall–Kier alpha value is -0.640. The molecule has 0 fully saturated rings. The third-order valence-electron chi connectivity index (χ3n) is 2.62. The summed E-state index contributed by atoms with van der Waals surface area (Å²) >= 11 is 23.9. The van der Waals surface area contributed by atoms with Crippen molar-refractivity contribution < 1.29 is 9.84 Å². The Morgan fingerprint density at radius 2 is 1.55 bits per heavy atom. The van der Waals surface area contributed by atoms with Gasteiger partial charge in [0.05, 0.1) is 26.2 Å². The predicted molar refractivity (Wildman–Crippen MR) is 83.6 cm³/mol. The van der Waals surface area contributed by atoms with Crippen LogP contribution in [0.4, 0.5) is 0 Å². The van der Waals surface area contributed by atoms with Crippen LogP contribution in [0.25, 0.3) is 0 Å². The average molecular weight is 352 g/mol. The average Bonchev–Trinajstić information content (AvgIpc) is 2.35. The van der Waals surface area contributed by atoms with Gasteiger partial charge in [-0.05, 0) is 30.7 Å². The van der Waals surface area contributed by atoms with Gasteiger partial charge in [0.25, 0.3) is 0 Å². The molecule has 0 aliphatic heterocycles. The maximum Gasteiger partial charge on any atom is 0.147 e. The molecule has 1 atom stereocenters.